The fourth-order valence-corrected chi connectivity index (χ4v) is 1.96. The van der Waals surface area contributed by atoms with Gasteiger partial charge in [0.1, 0.15) is 0 Å². The Hall–Kier alpha value is -0.0831. The van der Waals surface area contributed by atoms with Gasteiger partial charge in [-0.2, -0.15) is 0 Å². The van der Waals surface area contributed by atoms with E-state index in [0.717, 1.165) is 6.42 Å². The lowest BCUT2D eigenvalue weighted by Crippen LogP contribution is -2.34. The maximum atomic E-state index is 8.63. The summed E-state index contributed by atoms with van der Waals surface area (Å²) in [5.41, 5.74) is 2.34. The van der Waals surface area contributed by atoms with Crippen molar-refractivity contribution in [3.05, 3.63) is 11.8 Å². The quantitative estimate of drug-likeness (QED) is 0.672. The van der Waals surface area contributed by atoms with Crippen molar-refractivity contribution in [1.29, 1.82) is 0 Å². The topological polar surface area (TPSA) is 20.2 Å². The molecule has 1 N–H and O–H groups in total. The molecule has 0 aromatic carbocycles. The molecule has 0 aliphatic rings. The third-order valence-electron chi connectivity index (χ3n) is 2.76. The van der Waals surface area contributed by atoms with Gasteiger partial charge in [0.2, 0.25) is 0 Å². The van der Waals surface area contributed by atoms with Crippen LogP contribution in [0.2, 0.25) is 18.1 Å². The lowest BCUT2D eigenvalue weighted by molar-refractivity contribution is 0.302. The molecule has 12 heavy (non-hydrogen) atoms. The lowest BCUT2D eigenvalue weighted by atomic mass is 10.2. The molecule has 1 nitrogen and oxygen atoms in total. The monoisotopic (exact) mass is 186 g/mol. The van der Waals surface area contributed by atoms with Crippen LogP contribution in [-0.2, 0) is 0 Å². The van der Waals surface area contributed by atoms with E-state index in [2.05, 4.69) is 45.6 Å². The molecule has 0 heterocycles. The first-order chi connectivity index (χ1) is 5.31. The summed E-state index contributed by atoms with van der Waals surface area (Å²) >= 11 is 0. The molecule has 0 aliphatic heterocycles. The molecule has 0 radical (unpaired) electrons. The summed E-state index contributed by atoms with van der Waals surface area (Å²) in [4.78, 5) is 0. The Bertz CT molecular complexity index is 154. The van der Waals surface area contributed by atoms with Gasteiger partial charge in [0.15, 0.2) is 0 Å². The minimum Gasteiger partial charge on any atom is -0.396 e. The lowest BCUT2D eigenvalue weighted by Gasteiger charge is -2.34. The van der Waals surface area contributed by atoms with Crippen LogP contribution < -0.4 is 0 Å². The average molecular weight is 186 g/mol. The Morgan fingerprint density at radius 3 is 2.08 bits per heavy atom. The number of hydrogen-bond donors (Lipinski definition) is 1. The molecular weight excluding hydrogens is 164 g/mol. The third-order valence-corrected chi connectivity index (χ3v) is 7.70. The Labute approximate surface area is 77.5 Å². The molecule has 0 aliphatic carbocycles. The van der Waals surface area contributed by atoms with E-state index >= 15 is 0 Å². The van der Waals surface area contributed by atoms with Crippen LogP contribution in [-0.4, -0.2) is 19.8 Å². The van der Waals surface area contributed by atoms with E-state index in [0.29, 0.717) is 5.04 Å². The number of aliphatic hydroxyl groups excluding tert-OH is 1. The van der Waals surface area contributed by atoms with Crippen LogP contribution in [0.3, 0.4) is 0 Å². The molecule has 0 aromatic rings. The van der Waals surface area contributed by atoms with Crippen LogP contribution in [0.15, 0.2) is 11.8 Å². The highest BCUT2D eigenvalue weighted by Crippen LogP contribution is 2.36. The second kappa shape index (κ2) is 4.24. The molecule has 0 bridgehead atoms. The summed E-state index contributed by atoms with van der Waals surface area (Å²) in [5.74, 6) is 0. The van der Waals surface area contributed by atoms with Gasteiger partial charge in [0.05, 0.1) is 8.07 Å². The maximum Gasteiger partial charge on any atom is 0.0766 e. The zero-order chi connectivity index (χ0) is 9.83. The summed E-state index contributed by atoms with van der Waals surface area (Å²) in [5, 5.41) is 9.05. The first-order valence-electron chi connectivity index (χ1n) is 4.60. The van der Waals surface area contributed by atoms with Crippen molar-refractivity contribution in [1.82, 2.24) is 0 Å². The van der Waals surface area contributed by atoms with Gasteiger partial charge in [-0.25, -0.2) is 0 Å². The molecule has 72 valence electrons. The van der Waals surface area contributed by atoms with Gasteiger partial charge in [-0.05, 0) is 11.5 Å². The van der Waals surface area contributed by atoms with Gasteiger partial charge in [-0.15, -0.1) is 0 Å². The molecule has 0 saturated carbocycles. The minimum absolute atomic E-state index is 0.269. The van der Waals surface area contributed by atoms with E-state index in [1.54, 1.807) is 0 Å². The molecule has 0 aromatic heterocycles. The van der Waals surface area contributed by atoms with Crippen molar-refractivity contribution in [2.24, 2.45) is 0 Å². The average Bonchev–Trinajstić information content (AvgIpc) is 1.85. The van der Waals surface area contributed by atoms with Crippen LogP contribution in [0.4, 0.5) is 0 Å². The molecule has 0 spiro atoms. The summed E-state index contributed by atoms with van der Waals surface area (Å²) in [6.07, 6.45) is 2.92. The Morgan fingerprint density at radius 2 is 1.75 bits per heavy atom. The predicted molar refractivity (Wildman–Crippen MR) is 58.0 cm³/mol. The van der Waals surface area contributed by atoms with Crippen LogP contribution in [0.25, 0.3) is 0 Å². The van der Waals surface area contributed by atoms with E-state index in [9.17, 15) is 0 Å². The summed E-state index contributed by atoms with van der Waals surface area (Å²) in [6, 6.07) is 0. The molecular formula is C10H22OSi. The van der Waals surface area contributed by atoms with Crippen molar-refractivity contribution >= 4 is 8.07 Å². The summed E-state index contributed by atoms with van der Waals surface area (Å²) in [6.45, 7) is 11.9. The SMILES string of the molecule is CC(C)(C)[Si](C)(C)/C=C\CCO. The van der Waals surface area contributed by atoms with E-state index in [4.69, 9.17) is 5.11 Å². The highest BCUT2D eigenvalue weighted by molar-refractivity contribution is 6.84. The second-order valence-corrected chi connectivity index (χ2v) is 10.2. The standard InChI is InChI=1S/C10H22OSi/c1-10(2,3)12(4,5)9-7-6-8-11/h7,9,11H,6,8H2,1-5H3/b9-7-. The molecule has 0 atom stereocenters. The van der Waals surface area contributed by atoms with E-state index in [1.807, 2.05) is 0 Å². The highest BCUT2D eigenvalue weighted by atomic mass is 28.3. The van der Waals surface area contributed by atoms with Gasteiger partial charge in [0.25, 0.3) is 0 Å². The van der Waals surface area contributed by atoms with Crippen molar-refractivity contribution in [2.75, 3.05) is 6.61 Å². The Balaban J connectivity index is 4.22. The predicted octanol–water partition coefficient (Wildman–Crippen LogP) is 2.97. The largest absolute Gasteiger partial charge is 0.396 e. The van der Waals surface area contributed by atoms with Gasteiger partial charge in [0, 0.05) is 6.61 Å². The molecule has 0 rings (SSSR count). The molecule has 0 amide bonds. The summed E-state index contributed by atoms with van der Waals surface area (Å²) < 4.78 is 0. The van der Waals surface area contributed by atoms with Crippen molar-refractivity contribution in [3.8, 4) is 0 Å². The maximum absolute atomic E-state index is 8.63. The molecule has 0 fully saturated rings. The molecule has 2 heteroatoms. The molecule has 0 saturated heterocycles. The summed E-state index contributed by atoms with van der Waals surface area (Å²) in [7, 11) is -1.23. The first kappa shape index (κ1) is 11.9. The van der Waals surface area contributed by atoms with Crippen molar-refractivity contribution in [2.45, 2.75) is 45.3 Å². The van der Waals surface area contributed by atoms with Crippen LogP contribution in [0.1, 0.15) is 27.2 Å². The van der Waals surface area contributed by atoms with Crippen molar-refractivity contribution in [3.63, 3.8) is 0 Å². The van der Waals surface area contributed by atoms with Gasteiger partial charge < -0.3 is 5.11 Å². The van der Waals surface area contributed by atoms with Crippen molar-refractivity contribution < 1.29 is 5.11 Å². The van der Waals surface area contributed by atoms with E-state index in [1.165, 1.54) is 0 Å². The number of aliphatic hydroxyl groups is 1. The Kier molecular flexibility index (Phi) is 4.21. The third kappa shape index (κ3) is 3.54. The highest BCUT2D eigenvalue weighted by Gasteiger charge is 2.31. The fraction of sp³-hybridized carbons (Fsp3) is 0.800. The smallest absolute Gasteiger partial charge is 0.0766 e. The van der Waals surface area contributed by atoms with Gasteiger partial charge >= 0.3 is 0 Å². The van der Waals surface area contributed by atoms with E-state index < -0.39 is 8.07 Å². The zero-order valence-corrected chi connectivity index (χ0v) is 10.0. The number of rotatable bonds is 3. The number of hydrogen-bond acceptors (Lipinski definition) is 1. The first-order valence-corrected chi connectivity index (χ1v) is 7.67. The van der Waals surface area contributed by atoms with Gasteiger partial charge in [-0.1, -0.05) is 45.6 Å². The Morgan fingerprint density at radius 1 is 1.25 bits per heavy atom. The van der Waals surface area contributed by atoms with Gasteiger partial charge in [-0.3, -0.25) is 0 Å². The van der Waals surface area contributed by atoms with E-state index in [-0.39, 0.29) is 6.61 Å². The van der Waals surface area contributed by atoms with Crippen LogP contribution in [0.5, 0.6) is 0 Å². The molecule has 0 unspecified atom stereocenters. The second-order valence-electron chi connectivity index (χ2n) is 4.89. The minimum atomic E-state index is -1.23. The van der Waals surface area contributed by atoms with Crippen LogP contribution >= 0.6 is 0 Å². The zero-order valence-electron chi connectivity index (χ0n) is 9.02. The fourth-order valence-electron chi connectivity index (χ4n) is 0.702. The normalized spacial score (nSPS) is 14.2. The van der Waals surface area contributed by atoms with Crippen LogP contribution in [0, 0.1) is 0 Å².